The van der Waals surface area contributed by atoms with Gasteiger partial charge in [0.2, 0.25) is 0 Å². The Labute approximate surface area is 157 Å². The molecule has 0 spiro atoms. The van der Waals surface area contributed by atoms with E-state index in [4.69, 9.17) is 20.8 Å². The molecule has 0 aliphatic carbocycles. The molecule has 1 aromatic heterocycles. The van der Waals surface area contributed by atoms with E-state index in [2.05, 4.69) is 14.9 Å². The third-order valence-corrected chi connectivity index (χ3v) is 4.28. The molecule has 0 saturated heterocycles. The molecule has 9 heteroatoms. The lowest BCUT2D eigenvalue weighted by molar-refractivity contribution is -0.0498. The van der Waals surface area contributed by atoms with Gasteiger partial charge in [0.15, 0.2) is 6.61 Å². The van der Waals surface area contributed by atoms with Crippen LogP contribution in [0.1, 0.15) is 11.5 Å². The lowest BCUT2D eigenvalue weighted by Gasteiger charge is -2.04. The van der Waals surface area contributed by atoms with E-state index in [1.807, 2.05) is 0 Å². The number of thioether (sulfide) groups is 1. The summed E-state index contributed by atoms with van der Waals surface area (Å²) in [4.78, 5) is 0. The molecule has 0 fully saturated rings. The van der Waals surface area contributed by atoms with Crippen LogP contribution in [-0.4, -0.2) is 16.8 Å². The van der Waals surface area contributed by atoms with Crippen LogP contribution in [0.25, 0.3) is 0 Å². The molecular formula is C17H13ClF2N2O3S. The van der Waals surface area contributed by atoms with Crippen molar-refractivity contribution in [1.82, 2.24) is 10.2 Å². The molecule has 5 nitrogen and oxygen atoms in total. The van der Waals surface area contributed by atoms with Crippen LogP contribution in [-0.2, 0) is 12.4 Å². The fourth-order valence-corrected chi connectivity index (χ4v) is 2.81. The lowest BCUT2D eigenvalue weighted by atomic mass is 10.2. The van der Waals surface area contributed by atoms with Gasteiger partial charge in [0, 0.05) is 10.8 Å². The van der Waals surface area contributed by atoms with Crippen LogP contribution in [0.3, 0.4) is 0 Å². The second-order valence-corrected chi connectivity index (χ2v) is 6.38. The van der Waals surface area contributed by atoms with E-state index in [1.54, 1.807) is 36.4 Å². The Morgan fingerprint density at radius 1 is 1.00 bits per heavy atom. The van der Waals surface area contributed by atoms with Crippen LogP contribution >= 0.6 is 23.4 Å². The van der Waals surface area contributed by atoms with Gasteiger partial charge in [-0.15, -0.1) is 10.2 Å². The Morgan fingerprint density at radius 2 is 1.69 bits per heavy atom. The maximum absolute atomic E-state index is 12.1. The molecule has 3 aromatic rings. The maximum atomic E-state index is 12.1. The average Bonchev–Trinajstić information content (AvgIpc) is 3.08. The van der Waals surface area contributed by atoms with Crippen molar-refractivity contribution in [3.8, 4) is 11.5 Å². The van der Waals surface area contributed by atoms with Crippen LogP contribution in [0.4, 0.5) is 8.78 Å². The molecule has 0 saturated carbocycles. The molecular weight excluding hydrogens is 386 g/mol. The minimum absolute atomic E-state index is 0.119. The van der Waals surface area contributed by atoms with Crippen molar-refractivity contribution in [2.75, 3.05) is 0 Å². The van der Waals surface area contributed by atoms with Gasteiger partial charge in [-0.3, -0.25) is 0 Å². The van der Waals surface area contributed by atoms with Gasteiger partial charge in [-0.1, -0.05) is 35.5 Å². The molecule has 0 aliphatic rings. The van der Waals surface area contributed by atoms with E-state index in [0.29, 0.717) is 27.6 Å². The van der Waals surface area contributed by atoms with Gasteiger partial charge >= 0.3 is 6.61 Å². The second-order valence-electron chi connectivity index (χ2n) is 5.02. The molecule has 1 heterocycles. The monoisotopic (exact) mass is 398 g/mol. The fraction of sp³-hybridized carbons (Fsp3) is 0.176. The zero-order chi connectivity index (χ0) is 18.4. The number of hydrogen-bond donors (Lipinski definition) is 0. The minimum Gasteiger partial charge on any atom is -0.484 e. The number of rotatable bonds is 8. The topological polar surface area (TPSA) is 57.4 Å². The van der Waals surface area contributed by atoms with Crippen molar-refractivity contribution in [3.05, 3.63) is 65.0 Å². The molecule has 0 unspecified atom stereocenters. The molecule has 136 valence electrons. The first-order chi connectivity index (χ1) is 12.6. The molecule has 0 bridgehead atoms. The highest BCUT2D eigenvalue weighted by Crippen LogP contribution is 2.24. The van der Waals surface area contributed by atoms with Crippen molar-refractivity contribution in [2.45, 2.75) is 24.2 Å². The summed E-state index contributed by atoms with van der Waals surface area (Å²) in [5, 5.41) is 8.88. The molecule has 0 amide bonds. The third kappa shape index (κ3) is 5.60. The number of ether oxygens (including phenoxy) is 2. The largest absolute Gasteiger partial charge is 0.484 e. The van der Waals surface area contributed by atoms with Gasteiger partial charge in [0.25, 0.3) is 11.1 Å². The average molecular weight is 399 g/mol. The van der Waals surface area contributed by atoms with E-state index in [0.717, 1.165) is 5.56 Å². The van der Waals surface area contributed by atoms with Crippen molar-refractivity contribution >= 4 is 23.4 Å². The molecule has 26 heavy (non-hydrogen) atoms. The molecule has 3 rings (SSSR count). The number of nitrogens with zero attached hydrogens (tertiary/aromatic N) is 2. The highest BCUT2D eigenvalue weighted by Gasteiger charge is 2.09. The van der Waals surface area contributed by atoms with E-state index >= 15 is 0 Å². The standard InChI is InChI=1S/C17H13ClF2N2O3S/c18-12-3-7-13(8-4-12)23-9-15-21-22-17(25-15)26-10-11-1-5-14(6-2-11)24-16(19)20/h1-8,16H,9-10H2. The smallest absolute Gasteiger partial charge is 0.387 e. The number of hydrogen-bond acceptors (Lipinski definition) is 6. The van der Waals surface area contributed by atoms with Crippen LogP contribution in [0.15, 0.2) is 58.2 Å². The van der Waals surface area contributed by atoms with Crippen LogP contribution in [0.2, 0.25) is 5.02 Å². The summed E-state index contributed by atoms with van der Waals surface area (Å²) in [6.45, 7) is -2.68. The molecule has 0 aliphatic heterocycles. The summed E-state index contributed by atoms with van der Waals surface area (Å²) >= 11 is 7.14. The lowest BCUT2D eigenvalue weighted by Crippen LogP contribution is -2.01. The third-order valence-electron chi connectivity index (χ3n) is 3.14. The SMILES string of the molecule is FC(F)Oc1ccc(CSc2nnc(COc3ccc(Cl)cc3)o2)cc1. The van der Waals surface area contributed by atoms with Gasteiger partial charge in [0.1, 0.15) is 11.5 Å². The van der Waals surface area contributed by atoms with Gasteiger partial charge in [-0.25, -0.2) is 0 Å². The highest BCUT2D eigenvalue weighted by molar-refractivity contribution is 7.98. The Balaban J connectivity index is 1.48. The van der Waals surface area contributed by atoms with E-state index in [1.165, 1.54) is 23.9 Å². The number of aromatic nitrogens is 2. The van der Waals surface area contributed by atoms with E-state index in [-0.39, 0.29) is 12.4 Å². The highest BCUT2D eigenvalue weighted by atomic mass is 35.5. The Hall–Kier alpha value is -2.32. The maximum Gasteiger partial charge on any atom is 0.387 e. The first-order valence-corrected chi connectivity index (χ1v) is 8.82. The van der Waals surface area contributed by atoms with Crippen LogP contribution in [0, 0.1) is 0 Å². The van der Waals surface area contributed by atoms with Crippen LogP contribution in [0.5, 0.6) is 11.5 Å². The van der Waals surface area contributed by atoms with E-state index < -0.39 is 6.61 Å². The van der Waals surface area contributed by atoms with Crippen molar-refractivity contribution in [3.63, 3.8) is 0 Å². The van der Waals surface area contributed by atoms with Gasteiger partial charge in [0.05, 0.1) is 0 Å². The summed E-state index contributed by atoms with van der Waals surface area (Å²) in [7, 11) is 0. The number of benzene rings is 2. The van der Waals surface area contributed by atoms with Crippen LogP contribution < -0.4 is 9.47 Å². The van der Waals surface area contributed by atoms with Crippen molar-refractivity contribution in [2.24, 2.45) is 0 Å². The normalized spacial score (nSPS) is 10.9. The van der Waals surface area contributed by atoms with Crippen molar-refractivity contribution in [1.29, 1.82) is 0 Å². The van der Waals surface area contributed by atoms with Gasteiger partial charge in [-0.05, 0) is 42.0 Å². The molecule has 2 aromatic carbocycles. The number of alkyl halides is 2. The number of halogens is 3. The Morgan fingerprint density at radius 3 is 2.38 bits per heavy atom. The fourth-order valence-electron chi connectivity index (χ4n) is 1.94. The molecule has 0 atom stereocenters. The summed E-state index contributed by atoms with van der Waals surface area (Å²) in [5.41, 5.74) is 0.911. The molecule has 0 radical (unpaired) electrons. The Bertz CT molecular complexity index is 829. The molecule has 0 N–H and O–H groups in total. The summed E-state index contributed by atoms with van der Waals surface area (Å²) in [6, 6.07) is 13.3. The first-order valence-electron chi connectivity index (χ1n) is 7.46. The Kier molecular flexibility index (Phi) is 6.30. The zero-order valence-corrected chi connectivity index (χ0v) is 14.8. The van der Waals surface area contributed by atoms with Gasteiger partial charge < -0.3 is 13.9 Å². The van der Waals surface area contributed by atoms with E-state index in [9.17, 15) is 8.78 Å². The summed E-state index contributed by atoms with van der Waals surface area (Å²) in [6.07, 6.45) is 0. The summed E-state index contributed by atoms with van der Waals surface area (Å²) < 4.78 is 39.5. The summed E-state index contributed by atoms with van der Waals surface area (Å²) in [5.74, 6) is 1.67. The predicted molar refractivity (Wildman–Crippen MR) is 92.7 cm³/mol. The first kappa shape index (κ1) is 18.5. The predicted octanol–water partition coefficient (Wildman–Crippen LogP) is 5.20. The van der Waals surface area contributed by atoms with Crippen molar-refractivity contribution < 1.29 is 22.7 Å². The van der Waals surface area contributed by atoms with Gasteiger partial charge in [-0.2, -0.15) is 8.78 Å². The zero-order valence-electron chi connectivity index (χ0n) is 13.3. The second kappa shape index (κ2) is 8.86. The minimum atomic E-state index is -2.83. The quantitative estimate of drug-likeness (QED) is 0.486.